The third kappa shape index (κ3) is 3.05. The molecule has 96 valence electrons. The molecular formula is C10H9N7O2. The molecule has 0 saturated carbocycles. The predicted octanol–water partition coefficient (Wildman–Crippen LogP) is 2.16. The Morgan fingerprint density at radius 1 is 1.53 bits per heavy atom. The van der Waals surface area contributed by atoms with Crippen molar-refractivity contribution in [3.8, 4) is 11.4 Å². The summed E-state index contributed by atoms with van der Waals surface area (Å²) < 4.78 is 1.52. The summed E-state index contributed by atoms with van der Waals surface area (Å²) >= 11 is 0. The quantitative estimate of drug-likeness (QED) is 0.268. The molecule has 1 aromatic heterocycles. The van der Waals surface area contributed by atoms with Crippen LogP contribution in [0.1, 0.15) is 0 Å². The minimum atomic E-state index is -0.470. The van der Waals surface area contributed by atoms with Gasteiger partial charge in [0, 0.05) is 35.7 Å². The van der Waals surface area contributed by atoms with Gasteiger partial charge in [-0.05, 0) is 5.53 Å². The lowest BCUT2D eigenvalue weighted by Crippen LogP contribution is -2.01. The van der Waals surface area contributed by atoms with Crippen LogP contribution >= 0.6 is 0 Å². The maximum atomic E-state index is 10.7. The van der Waals surface area contributed by atoms with Gasteiger partial charge >= 0.3 is 0 Å². The standard InChI is InChI=1S/C10H9N7O2/c11-15-13-4-5-16-7-12-10(14-16)8-2-1-3-9(6-8)17(18)19/h1-3,6-7H,4-5H2. The van der Waals surface area contributed by atoms with Crippen LogP contribution in [0.25, 0.3) is 21.8 Å². The van der Waals surface area contributed by atoms with E-state index in [9.17, 15) is 10.1 Å². The van der Waals surface area contributed by atoms with Crippen molar-refractivity contribution >= 4 is 5.69 Å². The Bertz CT molecular complexity index is 645. The number of nitro benzene ring substituents is 1. The van der Waals surface area contributed by atoms with Gasteiger partial charge in [0.05, 0.1) is 4.92 Å². The van der Waals surface area contributed by atoms with Gasteiger partial charge in [0.15, 0.2) is 5.82 Å². The molecule has 1 aromatic carbocycles. The molecule has 0 amide bonds. The second-order valence-electron chi connectivity index (χ2n) is 3.59. The fourth-order valence-corrected chi connectivity index (χ4v) is 1.49. The number of rotatable bonds is 5. The maximum Gasteiger partial charge on any atom is 0.270 e. The Labute approximate surface area is 107 Å². The molecule has 0 radical (unpaired) electrons. The van der Waals surface area contributed by atoms with E-state index < -0.39 is 4.92 Å². The third-order valence-corrected chi connectivity index (χ3v) is 2.34. The molecule has 19 heavy (non-hydrogen) atoms. The molecule has 0 fully saturated rings. The predicted molar refractivity (Wildman–Crippen MR) is 66.1 cm³/mol. The Morgan fingerprint density at radius 2 is 2.37 bits per heavy atom. The van der Waals surface area contributed by atoms with Crippen LogP contribution < -0.4 is 0 Å². The van der Waals surface area contributed by atoms with E-state index in [1.807, 2.05) is 0 Å². The largest absolute Gasteiger partial charge is 0.270 e. The molecule has 9 heteroatoms. The summed E-state index contributed by atoms with van der Waals surface area (Å²) in [5, 5.41) is 18.2. The van der Waals surface area contributed by atoms with Crippen LogP contribution in [0.4, 0.5) is 5.69 Å². The van der Waals surface area contributed by atoms with Crippen molar-refractivity contribution in [1.29, 1.82) is 0 Å². The smallest absolute Gasteiger partial charge is 0.258 e. The lowest BCUT2D eigenvalue weighted by molar-refractivity contribution is -0.384. The minimum absolute atomic E-state index is 0.0112. The SMILES string of the molecule is [N-]=[N+]=NCCn1cnc(-c2cccc([N+](=O)[O-])c2)n1. The number of hydrogen-bond acceptors (Lipinski definition) is 5. The molecule has 2 aromatic rings. The van der Waals surface area contributed by atoms with Gasteiger partial charge in [0.1, 0.15) is 6.33 Å². The van der Waals surface area contributed by atoms with Gasteiger partial charge in [0.2, 0.25) is 0 Å². The number of aromatic nitrogens is 3. The summed E-state index contributed by atoms with van der Waals surface area (Å²) in [5.41, 5.74) is 8.71. The second-order valence-corrected chi connectivity index (χ2v) is 3.59. The van der Waals surface area contributed by atoms with E-state index in [4.69, 9.17) is 5.53 Å². The van der Waals surface area contributed by atoms with Crippen LogP contribution in [-0.4, -0.2) is 26.2 Å². The zero-order valence-electron chi connectivity index (χ0n) is 9.75. The van der Waals surface area contributed by atoms with Crippen molar-refractivity contribution in [2.75, 3.05) is 6.54 Å². The highest BCUT2D eigenvalue weighted by atomic mass is 16.6. The highest BCUT2D eigenvalue weighted by Crippen LogP contribution is 2.20. The molecule has 9 nitrogen and oxygen atoms in total. The summed E-state index contributed by atoms with van der Waals surface area (Å²) in [4.78, 5) is 16.9. The topological polar surface area (TPSA) is 123 Å². The normalized spacial score (nSPS) is 9.89. The molecule has 0 N–H and O–H groups in total. The molecule has 0 saturated heterocycles. The Morgan fingerprint density at radius 3 is 3.11 bits per heavy atom. The second kappa shape index (κ2) is 5.61. The van der Waals surface area contributed by atoms with E-state index in [0.717, 1.165) is 0 Å². The van der Waals surface area contributed by atoms with Crippen molar-refractivity contribution in [2.45, 2.75) is 6.54 Å². The Balaban J connectivity index is 2.20. The van der Waals surface area contributed by atoms with Crippen molar-refractivity contribution in [2.24, 2.45) is 5.11 Å². The summed E-state index contributed by atoms with van der Waals surface area (Å²) in [6.07, 6.45) is 1.49. The number of nitrogens with zero attached hydrogens (tertiary/aromatic N) is 7. The average molecular weight is 259 g/mol. The van der Waals surface area contributed by atoms with Gasteiger partial charge in [-0.1, -0.05) is 17.2 Å². The van der Waals surface area contributed by atoms with Crippen LogP contribution in [0.3, 0.4) is 0 Å². The first-order valence-electron chi connectivity index (χ1n) is 5.36. The van der Waals surface area contributed by atoms with Crippen LogP contribution in [0.5, 0.6) is 0 Å². The third-order valence-electron chi connectivity index (χ3n) is 2.34. The highest BCUT2D eigenvalue weighted by Gasteiger charge is 2.09. The fourth-order valence-electron chi connectivity index (χ4n) is 1.49. The number of benzene rings is 1. The molecule has 0 bridgehead atoms. The minimum Gasteiger partial charge on any atom is -0.258 e. The zero-order valence-corrected chi connectivity index (χ0v) is 9.75. The van der Waals surface area contributed by atoms with E-state index in [-0.39, 0.29) is 12.2 Å². The van der Waals surface area contributed by atoms with Crippen molar-refractivity contribution < 1.29 is 4.92 Å². The van der Waals surface area contributed by atoms with Gasteiger partial charge in [-0.3, -0.25) is 14.8 Å². The van der Waals surface area contributed by atoms with Crippen molar-refractivity contribution in [3.63, 3.8) is 0 Å². The van der Waals surface area contributed by atoms with E-state index >= 15 is 0 Å². The number of hydrogen-bond donors (Lipinski definition) is 0. The first-order chi connectivity index (χ1) is 9.20. The molecule has 0 aliphatic heterocycles. The molecule has 2 rings (SSSR count). The van der Waals surface area contributed by atoms with Gasteiger partial charge in [0.25, 0.3) is 5.69 Å². The maximum absolute atomic E-state index is 10.7. The summed E-state index contributed by atoms with van der Waals surface area (Å²) in [5.74, 6) is 0.393. The molecule has 1 heterocycles. The van der Waals surface area contributed by atoms with E-state index in [2.05, 4.69) is 20.1 Å². The first kappa shape index (κ1) is 12.5. The number of non-ortho nitro benzene ring substituents is 1. The van der Waals surface area contributed by atoms with E-state index in [0.29, 0.717) is 17.9 Å². The van der Waals surface area contributed by atoms with E-state index in [1.54, 1.807) is 12.1 Å². The van der Waals surface area contributed by atoms with Crippen LogP contribution in [0.15, 0.2) is 35.7 Å². The van der Waals surface area contributed by atoms with Gasteiger partial charge in [-0.2, -0.15) is 5.10 Å². The summed E-state index contributed by atoms with van der Waals surface area (Å²) in [6, 6.07) is 6.09. The zero-order chi connectivity index (χ0) is 13.7. The molecule has 0 aliphatic rings. The fraction of sp³-hybridized carbons (Fsp3) is 0.200. The monoisotopic (exact) mass is 259 g/mol. The van der Waals surface area contributed by atoms with Gasteiger partial charge < -0.3 is 0 Å². The Kier molecular flexibility index (Phi) is 3.70. The van der Waals surface area contributed by atoms with Gasteiger partial charge in [-0.25, -0.2) is 4.98 Å². The molecule has 0 spiro atoms. The molecular weight excluding hydrogens is 250 g/mol. The van der Waals surface area contributed by atoms with Crippen molar-refractivity contribution in [3.05, 3.63) is 51.1 Å². The number of nitro groups is 1. The summed E-state index contributed by atoms with van der Waals surface area (Å²) in [7, 11) is 0. The molecule has 0 unspecified atom stereocenters. The lowest BCUT2D eigenvalue weighted by Gasteiger charge is -1.96. The van der Waals surface area contributed by atoms with Crippen LogP contribution in [-0.2, 0) is 6.54 Å². The van der Waals surface area contributed by atoms with Crippen molar-refractivity contribution in [1.82, 2.24) is 14.8 Å². The first-order valence-corrected chi connectivity index (χ1v) is 5.36. The molecule has 0 atom stereocenters. The lowest BCUT2D eigenvalue weighted by atomic mass is 10.2. The summed E-state index contributed by atoms with van der Waals surface area (Å²) in [6.45, 7) is 0.681. The highest BCUT2D eigenvalue weighted by molar-refractivity contribution is 5.58. The Hall–Kier alpha value is -2.93. The van der Waals surface area contributed by atoms with E-state index in [1.165, 1.54) is 23.1 Å². The number of azide groups is 1. The molecule has 0 aliphatic carbocycles. The van der Waals surface area contributed by atoms with Crippen LogP contribution in [0, 0.1) is 10.1 Å². The average Bonchev–Trinajstić information content (AvgIpc) is 2.88. The van der Waals surface area contributed by atoms with Gasteiger partial charge in [-0.15, -0.1) is 0 Å². The van der Waals surface area contributed by atoms with Crippen LogP contribution in [0.2, 0.25) is 0 Å².